The summed E-state index contributed by atoms with van der Waals surface area (Å²) < 4.78 is 30.9. The summed E-state index contributed by atoms with van der Waals surface area (Å²) in [6, 6.07) is 0. The molecule has 1 amide bonds. The Morgan fingerprint density at radius 1 is 1.33 bits per heavy atom. The predicted molar refractivity (Wildman–Crippen MR) is 89.5 cm³/mol. The van der Waals surface area contributed by atoms with E-state index in [0.29, 0.717) is 0 Å². The van der Waals surface area contributed by atoms with Crippen LogP contribution in [0.3, 0.4) is 0 Å². The molecule has 0 aliphatic carbocycles. The van der Waals surface area contributed by atoms with Gasteiger partial charge in [-0.1, -0.05) is 0 Å². The number of amides is 1. The van der Waals surface area contributed by atoms with Crippen LogP contribution in [0.25, 0.3) is 0 Å². The number of esters is 1. The van der Waals surface area contributed by atoms with Crippen molar-refractivity contribution in [1.29, 1.82) is 0 Å². The van der Waals surface area contributed by atoms with Gasteiger partial charge >= 0.3 is 5.97 Å². The smallest absolute Gasteiger partial charge is 0.355 e. The van der Waals surface area contributed by atoms with Gasteiger partial charge in [0.1, 0.15) is 16.7 Å². The average molecular weight is 377 g/mol. The molecular formula is C15H21ClN2O5S. The van der Waals surface area contributed by atoms with Crippen LogP contribution in [0.1, 0.15) is 27.7 Å². The van der Waals surface area contributed by atoms with Crippen molar-refractivity contribution in [3.63, 3.8) is 0 Å². The van der Waals surface area contributed by atoms with Gasteiger partial charge in [-0.2, -0.15) is 0 Å². The maximum Gasteiger partial charge on any atom is 0.355 e. The highest BCUT2D eigenvalue weighted by molar-refractivity contribution is 7.96. The van der Waals surface area contributed by atoms with Gasteiger partial charge in [-0.3, -0.25) is 9.69 Å². The van der Waals surface area contributed by atoms with Crippen LogP contribution in [0.5, 0.6) is 0 Å². The second-order valence-corrected chi connectivity index (χ2v) is 9.46. The molecular weight excluding hydrogens is 356 g/mol. The zero-order valence-corrected chi connectivity index (χ0v) is 16.0. The van der Waals surface area contributed by atoms with Gasteiger partial charge in [-0.25, -0.2) is 13.2 Å². The van der Waals surface area contributed by atoms with Gasteiger partial charge in [-0.15, -0.1) is 11.6 Å². The molecule has 0 aromatic carbocycles. The minimum Gasteiger partial charge on any atom is -0.455 e. The Morgan fingerprint density at radius 2 is 1.88 bits per heavy atom. The first-order valence-corrected chi connectivity index (χ1v) is 9.31. The number of hydrogen-bond donors (Lipinski definition) is 0. The van der Waals surface area contributed by atoms with E-state index < -0.39 is 38.1 Å². The lowest BCUT2D eigenvalue weighted by Gasteiger charge is -2.47. The van der Waals surface area contributed by atoms with Crippen LogP contribution >= 0.6 is 11.6 Å². The van der Waals surface area contributed by atoms with Crippen molar-refractivity contribution in [3.8, 4) is 0 Å². The Balaban J connectivity index is 2.66. The molecule has 0 bridgehead atoms. The Bertz CT molecular complexity index is 761. The van der Waals surface area contributed by atoms with Gasteiger partial charge in [0.2, 0.25) is 15.7 Å². The fourth-order valence-corrected chi connectivity index (χ4v) is 5.27. The van der Waals surface area contributed by atoms with Crippen LogP contribution in [-0.2, 0) is 24.2 Å². The Kier molecular flexibility index (Phi) is 4.52. The van der Waals surface area contributed by atoms with E-state index in [4.69, 9.17) is 16.3 Å². The van der Waals surface area contributed by atoms with E-state index in [9.17, 15) is 18.0 Å². The number of sulfone groups is 1. The number of alkyl halides is 1. The van der Waals surface area contributed by atoms with Gasteiger partial charge < -0.3 is 9.64 Å². The molecule has 0 saturated carbocycles. The molecule has 2 atom stereocenters. The van der Waals surface area contributed by atoms with E-state index in [0.717, 1.165) is 4.90 Å². The summed E-state index contributed by atoms with van der Waals surface area (Å²) in [7, 11) is -0.542. The number of carbonyl (C=O) groups is 2. The first-order chi connectivity index (χ1) is 10.8. The molecule has 0 radical (unpaired) electrons. The predicted octanol–water partition coefficient (Wildman–Crippen LogP) is 1.21. The largest absolute Gasteiger partial charge is 0.455 e. The molecule has 0 aromatic heterocycles. The molecule has 2 aliphatic rings. The minimum absolute atomic E-state index is 0.0345. The lowest BCUT2D eigenvalue weighted by molar-refractivity contribution is -0.157. The number of rotatable bonds is 2. The summed E-state index contributed by atoms with van der Waals surface area (Å²) in [6.45, 7) is 6.56. The topological polar surface area (TPSA) is 84.0 Å². The normalized spacial score (nSPS) is 27.7. The highest BCUT2D eigenvalue weighted by Gasteiger charge is 2.61. The van der Waals surface area contributed by atoms with Crippen molar-refractivity contribution in [2.45, 2.75) is 44.0 Å². The van der Waals surface area contributed by atoms with Gasteiger partial charge in [0.05, 0.1) is 4.91 Å². The molecule has 134 valence electrons. The molecule has 1 saturated heterocycles. The summed E-state index contributed by atoms with van der Waals surface area (Å²) in [6.07, 6.45) is 1.40. The van der Waals surface area contributed by atoms with E-state index in [2.05, 4.69) is 0 Å². The summed E-state index contributed by atoms with van der Waals surface area (Å²) in [5, 5.41) is -2.50. The first kappa shape index (κ1) is 18.8. The molecule has 2 heterocycles. The third-order valence-electron chi connectivity index (χ3n) is 3.54. The Labute approximate surface area is 146 Å². The van der Waals surface area contributed by atoms with Crippen LogP contribution in [0.2, 0.25) is 0 Å². The lowest BCUT2D eigenvalue weighted by atomic mass is 10.1. The maximum absolute atomic E-state index is 12.8. The van der Waals surface area contributed by atoms with Crippen LogP contribution in [0, 0.1) is 0 Å². The second kappa shape index (κ2) is 5.77. The van der Waals surface area contributed by atoms with Gasteiger partial charge in [0.25, 0.3) is 0 Å². The van der Waals surface area contributed by atoms with E-state index in [1.54, 1.807) is 39.8 Å². The van der Waals surface area contributed by atoms with Crippen molar-refractivity contribution in [3.05, 3.63) is 22.4 Å². The van der Waals surface area contributed by atoms with Crippen molar-refractivity contribution in [2.75, 3.05) is 14.1 Å². The number of carbonyl (C=O) groups excluding carboxylic acids is 2. The summed E-state index contributed by atoms with van der Waals surface area (Å²) in [5.41, 5.74) is -0.679. The van der Waals surface area contributed by atoms with Crippen molar-refractivity contribution < 1.29 is 22.7 Å². The molecule has 0 aromatic rings. The SMILES string of the molecule is CC1=C(C(=O)OC(C)(C)C)N2C(=O)[C@H](Cl)[C@H]2S(=O)(=O)/C1=C/N(C)C. The van der Waals surface area contributed by atoms with Crippen LogP contribution in [-0.4, -0.2) is 60.5 Å². The van der Waals surface area contributed by atoms with Crippen molar-refractivity contribution in [2.24, 2.45) is 0 Å². The molecule has 0 unspecified atom stereocenters. The van der Waals surface area contributed by atoms with Gasteiger partial charge in [0.15, 0.2) is 5.37 Å². The monoisotopic (exact) mass is 376 g/mol. The number of halogens is 1. The lowest BCUT2D eigenvalue weighted by Crippen LogP contribution is -2.67. The minimum atomic E-state index is -3.87. The van der Waals surface area contributed by atoms with Crippen molar-refractivity contribution >= 4 is 33.3 Å². The van der Waals surface area contributed by atoms with Gasteiger partial charge in [-0.05, 0) is 27.7 Å². The Morgan fingerprint density at radius 3 is 2.33 bits per heavy atom. The highest BCUT2D eigenvalue weighted by Crippen LogP contribution is 2.44. The first-order valence-electron chi connectivity index (χ1n) is 7.33. The summed E-state index contributed by atoms with van der Waals surface area (Å²) >= 11 is 5.92. The number of hydrogen-bond acceptors (Lipinski definition) is 6. The standard InChI is InChI=1S/C15H21ClN2O5S/c1-8-9(7-17(5)6)24(21,22)13-10(16)12(19)18(13)11(8)14(20)23-15(2,3)4/h7,10,13H,1-6H3/b9-7+/t10-,13+/m0/s1. The number of ether oxygens (including phenoxy) is 1. The average Bonchev–Trinajstić information content (AvgIpc) is 2.39. The molecule has 9 heteroatoms. The highest BCUT2D eigenvalue weighted by atomic mass is 35.5. The number of β-lactam (4-membered cyclic amide) rings is 1. The van der Waals surface area contributed by atoms with E-state index in [-0.39, 0.29) is 16.2 Å². The molecule has 0 spiro atoms. The van der Waals surface area contributed by atoms with Crippen LogP contribution < -0.4 is 0 Å². The number of fused-ring (bicyclic) bond motifs is 1. The zero-order valence-electron chi connectivity index (χ0n) is 14.5. The number of nitrogens with zero attached hydrogens (tertiary/aromatic N) is 2. The zero-order chi connectivity index (χ0) is 18.6. The van der Waals surface area contributed by atoms with E-state index in [1.165, 1.54) is 13.1 Å². The molecule has 24 heavy (non-hydrogen) atoms. The fourth-order valence-electron chi connectivity index (χ4n) is 2.59. The third kappa shape index (κ3) is 2.93. The Hall–Kier alpha value is -1.54. The van der Waals surface area contributed by atoms with Crippen molar-refractivity contribution in [1.82, 2.24) is 9.80 Å². The third-order valence-corrected chi connectivity index (χ3v) is 6.25. The molecule has 7 nitrogen and oxygen atoms in total. The van der Waals surface area contributed by atoms with Crippen LogP contribution in [0.15, 0.2) is 22.4 Å². The summed E-state index contributed by atoms with van der Waals surface area (Å²) in [4.78, 5) is 27.1. The fraction of sp³-hybridized carbons (Fsp3) is 0.600. The maximum atomic E-state index is 12.8. The summed E-state index contributed by atoms with van der Waals surface area (Å²) in [5.74, 6) is -1.36. The van der Waals surface area contributed by atoms with E-state index >= 15 is 0 Å². The quantitative estimate of drug-likeness (QED) is 0.409. The molecule has 2 rings (SSSR count). The van der Waals surface area contributed by atoms with E-state index in [1.807, 2.05) is 0 Å². The second-order valence-electron chi connectivity index (χ2n) is 6.98. The van der Waals surface area contributed by atoms with Gasteiger partial charge in [0, 0.05) is 25.9 Å². The molecule has 1 fully saturated rings. The number of allylic oxidation sites excluding steroid dienone is 1. The molecule has 0 N–H and O–H groups in total. The van der Waals surface area contributed by atoms with Crippen LogP contribution in [0.4, 0.5) is 0 Å². The molecule has 2 aliphatic heterocycles.